The fraction of sp³-hybridized carbons (Fsp3) is 0.238. The molecule has 0 saturated heterocycles. The van der Waals surface area contributed by atoms with Crippen molar-refractivity contribution in [2.75, 3.05) is 0 Å². The lowest BCUT2D eigenvalue weighted by Gasteiger charge is -2.09. The molecule has 28 heavy (non-hydrogen) atoms. The number of rotatable bonds is 7. The molecule has 0 amide bonds. The Balaban J connectivity index is 1.76. The standard InChI is InChI=1S/C21H20N4O3/c1-2-3-11-20-22-23-21(28-20)19-13-16-8-4-5-10-18(16)24(19)14-15-7-6-9-17(12-15)25(26)27/h4-10,12-13H,2-3,11,14H2,1H3. The first-order valence-corrected chi connectivity index (χ1v) is 9.30. The van der Waals surface area contributed by atoms with E-state index in [1.165, 1.54) is 6.07 Å². The van der Waals surface area contributed by atoms with Gasteiger partial charge in [-0.05, 0) is 24.1 Å². The summed E-state index contributed by atoms with van der Waals surface area (Å²) < 4.78 is 7.95. The summed E-state index contributed by atoms with van der Waals surface area (Å²) in [5.41, 5.74) is 2.73. The fourth-order valence-electron chi connectivity index (χ4n) is 3.30. The van der Waals surface area contributed by atoms with Gasteiger partial charge < -0.3 is 8.98 Å². The molecule has 2 heterocycles. The number of hydrogen-bond acceptors (Lipinski definition) is 5. The predicted octanol–water partition coefficient (Wildman–Crippen LogP) is 4.99. The molecule has 4 aromatic rings. The molecule has 0 N–H and O–H groups in total. The van der Waals surface area contributed by atoms with E-state index in [1.54, 1.807) is 12.1 Å². The van der Waals surface area contributed by atoms with Gasteiger partial charge in [0.25, 0.3) is 11.6 Å². The summed E-state index contributed by atoms with van der Waals surface area (Å²) in [5, 5.41) is 20.6. The second kappa shape index (κ2) is 7.64. The molecule has 7 nitrogen and oxygen atoms in total. The van der Waals surface area contributed by atoms with Crippen molar-refractivity contribution in [2.45, 2.75) is 32.7 Å². The van der Waals surface area contributed by atoms with Crippen LogP contribution in [0.4, 0.5) is 5.69 Å². The molecule has 0 aliphatic heterocycles. The highest BCUT2D eigenvalue weighted by molar-refractivity contribution is 5.85. The van der Waals surface area contributed by atoms with Gasteiger partial charge in [-0.15, -0.1) is 10.2 Å². The summed E-state index contributed by atoms with van der Waals surface area (Å²) in [6.07, 6.45) is 2.82. The van der Waals surface area contributed by atoms with Gasteiger partial charge in [0.15, 0.2) is 0 Å². The van der Waals surface area contributed by atoms with Gasteiger partial charge in [-0.25, -0.2) is 0 Å². The number of para-hydroxylation sites is 1. The molecule has 0 atom stereocenters. The Morgan fingerprint density at radius 2 is 1.96 bits per heavy atom. The normalized spacial score (nSPS) is 11.2. The number of non-ortho nitro benzene ring substituents is 1. The molecule has 0 bridgehead atoms. The summed E-state index contributed by atoms with van der Waals surface area (Å²) in [4.78, 5) is 10.7. The average Bonchev–Trinajstić information content (AvgIpc) is 3.31. The molecule has 0 saturated carbocycles. The second-order valence-corrected chi connectivity index (χ2v) is 6.71. The first-order chi connectivity index (χ1) is 13.7. The zero-order valence-corrected chi connectivity index (χ0v) is 15.5. The molecule has 0 radical (unpaired) electrons. The summed E-state index contributed by atoms with van der Waals surface area (Å²) in [7, 11) is 0. The molecule has 0 aliphatic rings. The number of aromatic nitrogens is 3. The van der Waals surface area contributed by atoms with Crippen LogP contribution in [0.25, 0.3) is 22.5 Å². The highest BCUT2D eigenvalue weighted by Crippen LogP contribution is 2.29. The van der Waals surface area contributed by atoms with Crippen LogP contribution in [0.2, 0.25) is 0 Å². The number of nitrogens with zero attached hydrogens (tertiary/aromatic N) is 4. The molecule has 0 spiro atoms. The lowest BCUT2D eigenvalue weighted by molar-refractivity contribution is -0.384. The Morgan fingerprint density at radius 1 is 1.11 bits per heavy atom. The van der Waals surface area contributed by atoms with Crippen LogP contribution in [-0.2, 0) is 13.0 Å². The minimum absolute atomic E-state index is 0.0788. The molecule has 142 valence electrons. The van der Waals surface area contributed by atoms with E-state index < -0.39 is 0 Å². The number of hydrogen-bond donors (Lipinski definition) is 0. The topological polar surface area (TPSA) is 87.0 Å². The monoisotopic (exact) mass is 376 g/mol. The number of nitro groups is 1. The lowest BCUT2D eigenvalue weighted by atomic mass is 10.2. The van der Waals surface area contributed by atoms with Crippen LogP contribution in [0, 0.1) is 10.1 Å². The van der Waals surface area contributed by atoms with E-state index in [0.717, 1.165) is 41.4 Å². The van der Waals surface area contributed by atoms with Crippen molar-refractivity contribution in [3.63, 3.8) is 0 Å². The lowest BCUT2D eigenvalue weighted by Crippen LogP contribution is -2.02. The van der Waals surface area contributed by atoms with E-state index in [4.69, 9.17) is 4.42 Å². The maximum Gasteiger partial charge on any atom is 0.269 e. The predicted molar refractivity (Wildman–Crippen MR) is 106 cm³/mol. The van der Waals surface area contributed by atoms with Crippen LogP contribution >= 0.6 is 0 Å². The third kappa shape index (κ3) is 3.51. The van der Waals surface area contributed by atoms with E-state index in [0.29, 0.717) is 18.3 Å². The molecule has 4 rings (SSSR count). The van der Waals surface area contributed by atoms with Gasteiger partial charge >= 0.3 is 0 Å². The number of nitro benzene ring substituents is 1. The minimum atomic E-state index is -0.379. The average molecular weight is 376 g/mol. The van der Waals surface area contributed by atoms with Crippen molar-refractivity contribution in [2.24, 2.45) is 0 Å². The summed E-state index contributed by atoms with van der Waals surface area (Å²) in [6, 6.07) is 16.7. The fourth-order valence-corrected chi connectivity index (χ4v) is 3.30. The van der Waals surface area contributed by atoms with Crippen molar-refractivity contribution in [3.8, 4) is 11.6 Å². The molecule has 0 aliphatic carbocycles. The van der Waals surface area contributed by atoms with Crippen LogP contribution < -0.4 is 0 Å². The molecule has 2 aromatic heterocycles. The van der Waals surface area contributed by atoms with E-state index in [9.17, 15) is 10.1 Å². The zero-order valence-electron chi connectivity index (χ0n) is 15.5. The summed E-state index contributed by atoms with van der Waals surface area (Å²) >= 11 is 0. The van der Waals surface area contributed by atoms with Crippen molar-refractivity contribution in [1.82, 2.24) is 14.8 Å². The Morgan fingerprint density at radius 3 is 2.79 bits per heavy atom. The Bertz CT molecular complexity index is 1130. The van der Waals surface area contributed by atoms with Crippen LogP contribution in [-0.4, -0.2) is 19.7 Å². The maximum atomic E-state index is 11.1. The van der Waals surface area contributed by atoms with Gasteiger partial charge in [0.05, 0.1) is 4.92 Å². The third-order valence-electron chi connectivity index (χ3n) is 4.70. The summed E-state index contributed by atoms with van der Waals surface area (Å²) in [5.74, 6) is 1.09. The van der Waals surface area contributed by atoms with Crippen LogP contribution in [0.15, 0.2) is 59.0 Å². The number of aryl methyl sites for hydroxylation is 1. The molecule has 0 unspecified atom stereocenters. The van der Waals surface area contributed by atoms with Crippen LogP contribution in [0.3, 0.4) is 0 Å². The first-order valence-electron chi connectivity index (χ1n) is 9.30. The summed E-state index contributed by atoms with van der Waals surface area (Å²) in [6.45, 7) is 2.59. The van der Waals surface area contributed by atoms with E-state index >= 15 is 0 Å². The SMILES string of the molecule is CCCCc1nnc(-c2cc3ccccc3n2Cc2cccc([N+](=O)[O-])c2)o1. The minimum Gasteiger partial charge on any atom is -0.419 e. The smallest absolute Gasteiger partial charge is 0.269 e. The maximum absolute atomic E-state index is 11.1. The van der Waals surface area contributed by atoms with Crippen LogP contribution in [0.1, 0.15) is 31.2 Å². The molecule has 7 heteroatoms. The molecular weight excluding hydrogens is 356 g/mol. The first kappa shape index (κ1) is 17.9. The molecular formula is C21H20N4O3. The zero-order chi connectivity index (χ0) is 19.5. The van der Waals surface area contributed by atoms with Gasteiger partial charge in [-0.3, -0.25) is 10.1 Å². The number of unbranched alkanes of at least 4 members (excludes halogenated alkanes) is 1. The number of benzene rings is 2. The Labute approximate surface area is 161 Å². The van der Waals surface area contributed by atoms with Gasteiger partial charge in [0, 0.05) is 36.0 Å². The third-order valence-corrected chi connectivity index (χ3v) is 4.70. The molecule has 2 aromatic carbocycles. The molecule has 0 fully saturated rings. The van der Waals surface area contributed by atoms with Gasteiger partial charge in [-0.1, -0.05) is 43.7 Å². The van der Waals surface area contributed by atoms with Crippen molar-refractivity contribution in [1.29, 1.82) is 0 Å². The quantitative estimate of drug-likeness (QED) is 0.335. The van der Waals surface area contributed by atoms with Gasteiger partial charge in [0.2, 0.25) is 5.89 Å². The van der Waals surface area contributed by atoms with Crippen LogP contribution in [0.5, 0.6) is 0 Å². The largest absolute Gasteiger partial charge is 0.419 e. The van der Waals surface area contributed by atoms with E-state index in [2.05, 4.69) is 21.7 Å². The second-order valence-electron chi connectivity index (χ2n) is 6.71. The Kier molecular flexibility index (Phi) is 4.89. The van der Waals surface area contributed by atoms with Gasteiger partial charge in [-0.2, -0.15) is 0 Å². The highest BCUT2D eigenvalue weighted by atomic mass is 16.6. The van der Waals surface area contributed by atoms with Gasteiger partial charge in [0.1, 0.15) is 5.69 Å². The van der Waals surface area contributed by atoms with E-state index in [-0.39, 0.29) is 10.6 Å². The highest BCUT2D eigenvalue weighted by Gasteiger charge is 2.17. The van der Waals surface area contributed by atoms with Crippen molar-refractivity contribution < 1.29 is 9.34 Å². The number of fused-ring (bicyclic) bond motifs is 1. The Hall–Kier alpha value is -3.48. The van der Waals surface area contributed by atoms with Crippen molar-refractivity contribution in [3.05, 3.63) is 76.2 Å². The van der Waals surface area contributed by atoms with E-state index in [1.807, 2.05) is 36.4 Å². The van der Waals surface area contributed by atoms with Crippen molar-refractivity contribution >= 4 is 16.6 Å².